The first kappa shape index (κ1) is 28.5. The van der Waals surface area contributed by atoms with E-state index in [1.165, 1.54) is 97.7 Å². The summed E-state index contributed by atoms with van der Waals surface area (Å²) < 4.78 is 0. The van der Waals surface area contributed by atoms with Crippen LogP contribution in [0.25, 0.3) is 99.7 Å². The molecule has 0 fully saturated rings. The molecule has 0 aliphatic rings. The van der Waals surface area contributed by atoms with Crippen LogP contribution in [0.5, 0.6) is 0 Å². The Morgan fingerprint density at radius 2 is 0.520 bits per heavy atom. The molecule has 0 amide bonds. The van der Waals surface area contributed by atoms with Gasteiger partial charge in [0.05, 0.1) is 0 Å². The molecular weight excluding hydrogens is 601 g/mol. The number of benzene rings is 10. The molecule has 0 radical (unpaired) electrons. The molecular formula is C50H32. The van der Waals surface area contributed by atoms with Gasteiger partial charge < -0.3 is 0 Å². The number of rotatable bonds is 4. The van der Waals surface area contributed by atoms with Gasteiger partial charge in [-0.05, 0) is 122 Å². The van der Waals surface area contributed by atoms with Gasteiger partial charge in [-0.1, -0.05) is 170 Å². The average molecular weight is 633 g/mol. The van der Waals surface area contributed by atoms with E-state index < -0.39 is 0 Å². The van der Waals surface area contributed by atoms with Crippen molar-refractivity contribution in [2.75, 3.05) is 0 Å². The van der Waals surface area contributed by atoms with Gasteiger partial charge in [0.15, 0.2) is 0 Å². The Bertz CT molecular complexity index is 2810. The smallest absolute Gasteiger partial charge is 0.00143 e. The molecule has 10 rings (SSSR count). The second-order valence-electron chi connectivity index (χ2n) is 13.4. The topological polar surface area (TPSA) is 0 Å². The van der Waals surface area contributed by atoms with Gasteiger partial charge in [-0.15, -0.1) is 0 Å². The Morgan fingerprint density at radius 3 is 0.940 bits per heavy atom. The molecule has 10 aromatic rings. The van der Waals surface area contributed by atoms with Crippen molar-refractivity contribution in [1.29, 1.82) is 0 Å². The molecule has 0 heterocycles. The molecule has 0 N–H and O–H groups in total. The monoisotopic (exact) mass is 632 g/mol. The van der Waals surface area contributed by atoms with E-state index in [0.717, 1.165) is 0 Å². The Morgan fingerprint density at radius 1 is 0.220 bits per heavy atom. The summed E-state index contributed by atoms with van der Waals surface area (Å²) >= 11 is 0. The van der Waals surface area contributed by atoms with Crippen molar-refractivity contribution in [1.82, 2.24) is 0 Å². The minimum atomic E-state index is 1.20. The van der Waals surface area contributed by atoms with Crippen molar-refractivity contribution >= 4 is 99.7 Å². The second-order valence-corrected chi connectivity index (χ2v) is 13.4. The zero-order chi connectivity index (χ0) is 33.0. The summed E-state index contributed by atoms with van der Waals surface area (Å²) in [6.07, 6.45) is 8.95. The van der Waals surface area contributed by atoms with E-state index in [2.05, 4.69) is 194 Å². The van der Waals surface area contributed by atoms with Gasteiger partial charge in [0.2, 0.25) is 0 Å². The Labute approximate surface area is 290 Å². The zero-order valence-corrected chi connectivity index (χ0v) is 27.5. The molecule has 0 aliphatic heterocycles. The van der Waals surface area contributed by atoms with Gasteiger partial charge in [0, 0.05) is 0 Å². The van der Waals surface area contributed by atoms with Gasteiger partial charge in [-0.2, -0.15) is 0 Å². The maximum absolute atomic E-state index is 2.37. The van der Waals surface area contributed by atoms with Crippen LogP contribution in [0.4, 0.5) is 0 Å². The highest BCUT2D eigenvalue weighted by Crippen LogP contribution is 2.40. The molecule has 10 aromatic carbocycles. The molecule has 0 spiro atoms. The Hall–Kier alpha value is -6.50. The van der Waals surface area contributed by atoms with E-state index in [0.29, 0.717) is 0 Å². The molecule has 0 unspecified atom stereocenters. The second kappa shape index (κ2) is 11.6. The van der Waals surface area contributed by atoms with Crippen LogP contribution in [0, 0.1) is 0 Å². The fourth-order valence-corrected chi connectivity index (χ4v) is 7.75. The molecule has 0 aromatic heterocycles. The lowest BCUT2D eigenvalue weighted by atomic mass is 9.90. The highest BCUT2D eigenvalue weighted by Gasteiger charge is 2.12. The molecule has 0 aliphatic carbocycles. The summed E-state index contributed by atoms with van der Waals surface area (Å²) in [5.74, 6) is 0. The highest BCUT2D eigenvalue weighted by molar-refractivity contribution is 6.32. The van der Waals surface area contributed by atoms with E-state index >= 15 is 0 Å². The fourth-order valence-electron chi connectivity index (χ4n) is 7.75. The predicted octanol–water partition coefficient (Wildman–Crippen LogP) is 14.1. The number of fused-ring (bicyclic) bond motifs is 11. The Kier molecular flexibility index (Phi) is 6.60. The van der Waals surface area contributed by atoms with Crippen LogP contribution in [0.3, 0.4) is 0 Å². The van der Waals surface area contributed by atoms with E-state index in [4.69, 9.17) is 0 Å². The highest BCUT2D eigenvalue weighted by atomic mass is 14.2. The number of hydrogen-bond donors (Lipinski definition) is 0. The van der Waals surface area contributed by atoms with Crippen LogP contribution in [0.15, 0.2) is 170 Å². The maximum Gasteiger partial charge on any atom is -0.00143 e. The molecule has 0 nitrogen and oxygen atoms in total. The standard InChI is InChI=1S/C50H32/c1-3-7-44-29-33(13-17-37(44)5-1)9-11-35-15-19-39-21-23-41-25-27-43-28-26-42-24-22-40-20-16-36(32-47(40)49(42)50(43)48(41)46(39)31-35)12-10-34-14-18-38-6-2-4-8-45(38)30-34/h1-32H/b11-9-,12-10-. The average Bonchev–Trinajstić information content (AvgIpc) is 3.18. The van der Waals surface area contributed by atoms with Crippen LogP contribution < -0.4 is 0 Å². The minimum Gasteiger partial charge on any atom is -0.0616 e. The quantitative estimate of drug-likeness (QED) is 0.134. The zero-order valence-electron chi connectivity index (χ0n) is 27.5. The largest absolute Gasteiger partial charge is 0.0616 e. The molecule has 0 atom stereocenters. The Balaban J connectivity index is 1.15. The maximum atomic E-state index is 2.37. The van der Waals surface area contributed by atoms with E-state index in [9.17, 15) is 0 Å². The van der Waals surface area contributed by atoms with Crippen molar-refractivity contribution in [3.63, 3.8) is 0 Å². The first-order chi connectivity index (χ1) is 24.7. The third-order valence-corrected chi connectivity index (χ3v) is 10.3. The van der Waals surface area contributed by atoms with E-state index in [1.54, 1.807) is 0 Å². The number of hydrogen-bond acceptors (Lipinski definition) is 0. The van der Waals surface area contributed by atoms with Crippen LogP contribution in [-0.4, -0.2) is 0 Å². The van der Waals surface area contributed by atoms with Crippen LogP contribution in [0.1, 0.15) is 22.3 Å². The van der Waals surface area contributed by atoms with Gasteiger partial charge in [0.25, 0.3) is 0 Å². The fraction of sp³-hybridized carbons (Fsp3) is 0. The van der Waals surface area contributed by atoms with Crippen molar-refractivity contribution in [2.24, 2.45) is 0 Å². The van der Waals surface area contributed by atoms with E-state index in [1.807, 2.05) is 0 Å². The first-order valence-electron chi connectivity index (χ1n) is 17.3. The lowest BCUT2D eigenvalue weighted by molar-refractivity contribution is 1.70. The van der Waals surface area contributed by atoms with Gasteiger partial charge in [0.1, 0.15) is 0 Å². The van der Waals surface area contributed by atoms with Crippen molar-refractivity contribution < 1.29 is 0 Å². The van der Waals surface area contributed by atoms with Crippen molar-refractivity contribution in [3.8, 4) is 0 Å². The van der Waals surface area contributed by atoms with Crippen LogP contribution in [0.2, 0.25) is 0 Å². The normalized spacial score (nSPS) is 12.2. The van der Waals surface area contributed by atoms with Crippen LogP contribution in [-0.2, 0) is 0 Å². The summed E-state index contributed by atoms with van der Waals surface area (Å²) in [6.45, 7) is 0. The lowest BCUT2D eigenvalue weighted by Gasteiger charge is -2.14. The summed E-state index contributed by atoms with van der Waals surface area (Å²) in [7, 11) is 0. The van der Waals surface area contributed by atoms with Gasteiger partial charge in [-0.25, -0.2) is 0 Å². The summed E-state index contributed by atoms with van der Waals surface area (Å²) in [6, 6.07) is 62.4. The van der Waals surface area contributed by atoms with Gasteiger partial charge in [-0.3, -0.25) is 0 Å². The molecule has 0 saturated carbocycles. The molecule has 0 heteroatoms. The third kappa shape index (κ3) is 4.93. The predicted molar refractivity (Wildman–Crippen MR) is 220 cm³/mol. The summed E-state index contributed by atoms with van der Waals surface area (Å²) in [4.78, 5) is 0. The third-order valence-electron chi connectivity index (χ3n) is 10.3. The lowest BCUT2D eigenvalue weighted by Crippen LogP contribution is -1.86. The molecule has 0 saturated heterocycles. The van der Waals surface area contributed by atoms with Crippen LogP contribution >= 0.6 is 0 Å². The van der Waals surface area contributed by atoms with E-state index in [-0.39, 0.29) is 0 Å². The summed E-state index contributed by atoms with van der Waals surface area (Å²) in [5.41, 5.74) is 4.80. The van der Waals surface area contributed by atoms with Gasteiger partial charge >= 0.3 is 0 Å². The SMILES string of the molecule is C(=C/c1ccc2ccc3ccc4ccc5ccc6ccc(/C=C\c7ccc8ccccc8c7)cc6c5c4c3c2c1)/c1ccc2ccccc2c1. The minimum absolute atomic E-state index is 1.20. The van der Waals surface area contributed by atoms with Crippen molar-refractivity contribution in [3.05, 3.63) is 192 Å². The molecule has 50 heavy (non-hydrogen) atoms. The van der Waals surface area contributed by atoms with Crippen molar-refractivity contribution in [2.45, 2.75) is 0 Å². The first-order valence-corrected chi connectivity index (χ1v) is 17.3. The molecule has 0 bridgehead atoms. The summed E-state index contributed by atoms with van der Waals surface area (Å²) in [5, 5.41) is 17.9. The molecule has 232 valence electrons.